The van der Waals surface area contributed by atoms with Crippen molar-refractivity contribution in [3.63, 3.8) is 0 Å². The number of nitrogen functional groups attached to an aromatic ring is 1. The van der Waals surface area contributed by atoms with Crippen LogP contribution in [0.2, 0.25) is 0 Å². The van der Waals surface area contributed by atoms with Gasteiger partial charge in [0.2, 0.25) is 0 Å². The van der Waals surface area contributed by atoms with Crippen LogP contribution in [0.1, 0.15) is 35.6 Å². The van der Waals surface area contributed by atoms with Crippen LogP contribution in [0, 0.1) is 26.6 Å². The van der Waals surface area contributed by atoms with Crippen LogP contribution < -0.4 is 5.73 Å². The monoisotopic (exact) mass is 322 g/mol. The minimum Gasteiger partial charge on any atom is -0.396 e. The average molecular weight is 322 g/mol. The van der Waals surface area contributed by atoms with E-state index in [4.69, 9.17) is 10.7 Å². The second-order valence-corrected chi connectivity index (χ2v) is 6.50. The maximum absolute atomic E-state index is 13.8. The van der Waals surface area contributed by atoms with E-state index in [1.807, 2.05) is 12.1 Å². The molecule has 0 spiro atoms. The van der Waals surface area contributed by atoms with Crippen molar-refractivity contribution in [2.24, 2.45) is 0 Å². The van der Waals surface area contributed by atoms with Crippen molar-refractivity contribution in [1.82, 2.24) is 4.98 Å². The van der Waals surface area contributed by atoms with E-state index in [2.05, 4.69) is 33.8 Å². The molecule has 0 atom stereocenters. The van der Waals surface area contributed by atoms with Crippen LogP contribution in [0.5, 0.6) is 0 Å². The third-order valence-electron chi connectivity index (χ3n) is 4.74. The van der Waals surface area contributed by atoms with E-state index in [9.17, 15) is 4.39 Å². The summed E-state index contributed by atoms with van der Waals surface area (Å²) in [5.41, 5.74) is 13.4. The molecular formula is C21H23FN2. The highest BCUT2D eigenvalue weighted by Crippen LogP contribution is 2.31. The Morgan fingerprint density at radius 2 is 1.79 bits per heavy atom. The van der Waals surface area contributed by atoms with Crippen LogP contribution in [0.4, 0.5) is 10.1 Å². The number of nitrogens with two attached hydrogens (primary N) is 1. The van der Waals surface area contributed by atoms with Crippen molar-refractivity contribution < 1.29 is 4.39 Å². The highest BCUT2D eigenvalue weighted by atomic mass is 19.1. The highest BCUT2D eigenvalue weighted by molar-refractivity contribution is 5.90. The summed E-state index contributed by atoms with van der Waals surface area (Å²) in [6.07, 6.45) is 2.14. The molecule has 1 aromatic heterocycles. The van der Waals surface area contributed by atoms with Gasteiger partial charge in [0.1, 0.15) is 5.82 Å². The summed E-state index contributed by atoms with van der Waals surface area (Å²) in [4.78, 5) is 4.81. The second kappa shape index (κ2) is 6.23. The molecule has 2 nitrogen and oxygen atoms in total. The molecule has 0 aliphatic heterocycles. The Morgan fingerprint density at radius 3 is 2.46 bits per heavy atom. The topological polar surface area (TPSA) is 38.9 Å². The van der Waals surface area contributed by atoms with Crippen molar-refractivity contribution >= 4 is 16.6 Å². The Kier molecular flexibility index (Phi) is 4.27. The van der Waals surface area contributed by atoms with E-state index in [1.54, 1.807) is 6.07 Å². The van der Waals surface area contributed by atoms with E-state index in [-0.39, 0.29) is 5.69 Å². The van der Waals surface area contributed by atoms with E-state index < -0.39 is 5.82 Å². The van der Waals surface area contributed by atoms with Gasteiger partial charge in [-0.25, -0.2) is 9.37 Å². The molecule has 1 heterocycles. The van der Waals surface area contributed by atoms with Gasteiger partial charge in [-0.05, 0) is 73.7 Å². The molecule has 0 aliphatic rings. The first kappa shape index (κ1) is 16.4. The molecule has 0 amide bonds. The fourth-order valence-corrected chi connectivity index (χ4v) is 3.33. The number of anilines is 1. The van der Waals surface area contributed by atoms with Crippen LogP contribution >= 0.6 is 0 Å². The van der Waals surface area contributed by atoms with E-state index in [1.165, 1.54) is 33.7 Å². The lowest BCUT2D eigenvalue weighted by Gasteiger charge is -2.16. The van der Waals surface area contributed by atoms with E-state index in [0.717, 1.165) is 29.6 Å². The number of halogens is 1. The van der Waals surface area contributed by atoms with Crippen molar-refractivity contribution in [2.75, 3.05) is 5.73 Å². The molecule has 3 aromatic rings. The normalized spacial score (nSPS) is 11.2. The summed E-state index contributed by atoms with van der Waals surface area (Å²) in [6.45, 7) is 8.61. The van der Waals surface area contributed by atoms with Crippen LogP contribution in [-0.4, -0.2) is 4.98 Å². The molecule has 0 radical (unpaired) electrons. The average Bonchev–Trinajstić information content (AvgIpc) is 2.54. The summed E-state index contributed by atoms with van der Waals surface area (Å²) in [6, 6.07) is 9.04. The van der Waals surface area contributed by atoms with E-state index in [0.29, 0.717) is 0 Å². The first-order valence-electron chi connectivity index (χ1n) is 8.38. The Bertz CT molecular complexity index is 929. The van der Waals surface area contributed by atoms with Gasteiger partial charge in [-0.3, -0.25) is 0 Å². The quantitative estimate of drug-likeness (QED) is 0.647. The van der Waals surface area contributed by atoms with Gasteiger partial charge in [0.25, 0.3) is 0 Å². The molecular weight excluding hydrogens is 299 g/mol. The van der Waals surface area contributed by atoms with Gasteiger partial charge in [0.15, 0.2) is 0 Å². The third kappa shape index (κ3) is 2.75. The minimum atomic E-state index is -0.404. The number of fused-ring (bicyclic) bond motifs is 1. The zero-order valence-corrected chi connectivity index (χ0v) is 14.7. The molecule has 2 N–H and O–H groups in total. The number of hydrogen-bond donors (Lipinski definition) is 1. The zero-order valence-electron chi connectivity index (χ0n) is 14.7. The maximum Gasteiger partial charge on any atom is 0.146 e. The molecule has 0 aliphatic carbocycles. The van der Waals surface area contributed by atoms with Gasteiger partial charge in [0.05, 0.1) is 16.9 Å². The first-order valence-corrected chi connectivity index (χ1v) is 8.38. The van der Waals surface area contributed by atoms with Gasteiger partial charge in [-0.15, -0.1) is 0 Å². The van der Waals surface area contributed by atoms with Crippen LogP contribution in [0.3, 0.4) is 0 Å². The fraction of sp³-hybridized carbons (Fsp3) is 0.286. The molecule has 2 aromatic carbocycles. The third-order valence-corrected chi connectivity index (χ3v) is 4.74. The number of rotatable bonds is 3. The van der Waals surface area contributed by atoms with E-state index >= 15 is 0 Å². The lowest BCUT2D eigenvalue weighted by molar-refractivity contribution is 0.633. The van der Waals surface area contributed by atoms with Gasteiger partial charge in [-0.1, -0.05) is 19.4 Å². The smallest absolute Gasteiger partial charge is 0.146 e. The molecule has 124 valence electrons. The number of aryl methyl sites for hydroxylation is 3. The molecule has 3 rings (SSSR count). The zero-order chi connectivity index (χ0) is 17.4. The predicted octanol–water partition coefficient (Wildman–Crippen LogP) is 5.50. The van der Waals surface area contributed by atoms with Gasteiger partial charge >= 0.3 is 0 Å². The number of aromatic nitrogens is 1. The molecule has 0 saturated heterocycles. The highest BCUT2D eigenvalue weighted by Gasteiger charge is 2.13. The molecule has 0 unspecified atom stereocenters. The van der Waals surface area contributed by atoms with Gasteiger partial charge in [-0.2, -0.15) is 0 Å². The summed E-state index contributed by atoms with van der Waals surface area (Å²) in [5, 5.41) is 1.24. The molecule has 0 saturated carbocycles. The van der Waals surface area contributed by atoms with Crippen LogP contribution in [-0.2, 0) is 6.42 Å². The SMILES string of the molecule is CCCc1c(C)c(C)cc2nc(-c3ccc(N)c(F)c3)cc(C)c12. The van der Waals surface area contributed by atoms with Gasteiger partial charge < -0.3 is 5.73 Å². The van der Waals surface area contributed by atoms with Crippen LogP contribution in [0.25, 0.3) is 22.2 Å². The van der Waals surface area contributed by atoms with Crippen molar-refractivity contribution in [1.29, 1.82) is 0 Å². The molecule has 0 fully saturated rings. The Labute approximate surface area is 142 Å². The summed E-state index contributed by atoms with van der Waals surface area (Å²) < 4.78 is 13.8. The number of benzene rings is 2. The summed E-state index contributed by atoms with van der Waals surface area (Å²) >= 11 is 0. The fourth-order valence-electron chi connectivity index (χ4n) is 3.33. The minimum absolute atomic E-state index is 0.160. The maximum atomic E-state index is 13.8. The van der Waals surface area contributed by atoms with Gasteiger partial charge in [0, 0.05) is 10.9 Å². The molecule has 3 heteroatoms. The number of pyridine rings is 1. The van der Waals surface area contributed by atoms with Crippen molar-refractivity contribution in [2.45, 2.75) is 40.5 Å². The standard InChI is InChI=1S/C21H23FN2/c1-5-6-16-14(4)12(2)9-20-21(16)13(3)10-19(24-20)15-7-8-18(23)17(22)11-15/h7-11H,5-6,23H2,1-4H3. The van der Waals surface area contributed by atoms with Crippen molar-refractivity contribution in [3.8, 4) is 11.3 Å². The molecule has 0 bridgehead atoms. The molecule has 24 heavy (non-hydrogen) atoms. The second-order valence-electron chi connectivity index (χ2n) is 6.50. The largest absolute Gasteiger partial charge is 0.396 e. The summed E-state index contributed by atoms with van der Waals surface area (Å²) in [5.74, 6) is -0.404. The first-order chi connectivity index (χ1) is 11.4. The lowest BCUT2D eigenvalue weighted by Crippen LogP contribution is -1.99. The predicted molar refractivity (Wildman–Crippen MR) is 99.8 cm³/mol. The van der Waals surface area contributed by atoms with Crippen LogP contribution in [0.15, 0.2) is 30.3 Å². The lowest BCUT2D eigenvalue weighted by atomic mass is 9.92. The number of nitrogens with zero attached hydrogens (tertiary/aromatic N) is 1. The number of hydrogen-bond acceptors (Lipinski definition) is 2. The summed E-state index contributed by atoms with van der Waals surface area (Å²) in [7, 11) is 0. The Morgan fingerprint density at radius 1 is 1.04 bits per heavy atom. The van der Waals surface area contributed by atoms with Crippen molar-refractivity contribution in [3.05, 3.63) is 58.4 Å². The Balaban J connectivity index is 2.27. The Hall–Kier alpha value is -2.42.